The highest BCUT2D eigenvalue weighted by Crippen LogP contribution is 2.23. The van der Waals surface area contributed by atoms with E-state index in [4.69, 9.17) is 0 Å². The first kappa shape index (κ1) is 18.0. The molecule has 1 aliphatic carbocycles. The van der Waals surface area contributed by atoms with E-state index in [0.29, 0.717) is 13.1 Å². The molecule has 6 heteroatoms. The summed E-state index contributed by atoms with van der Waals surface area (Å²) < 4.78 is 0. The summed E-state index contributed by atoms with van der Waals surface area (Å²) in [4.78, 5) is 23.5. The Labute approximate surface area is 150 Å². The lowest BCUT2D eigenvalue weighted by molar-refractivity contribution is -0.125. The summed E-state index contributed by atoms with van der Waals surface area (Å²) in [6.07, 6.45) is 9.53. The molecule has 1 aromatic rings. The third-order valence-electron chi connectivity index (χ3n) is 5.21. The Hall–Kier alpha value is -1.85. The topological polar surface area (TPSA) is 70.2 Å². The van der Waals surface area contributed by atoms with E-state index in [0.717, 1.165) is 43.4 Å². The second-order valence-corrected chi connectivity index (χ2v) is 7.26. The maximum atomic E-state index is 12.2. The van der Waals surface area contributed by atoms with Gasteiger partial charge >= 0.3 is 0 Å². The van der Waals surface area contributed by atoms with E-state index in [1.54, 1.807) is 0 Å². The molecular weight excluding hydrogens is 314 g/mol. The van der Waals surface area contributed by atoms with Crippen LogP contribution in [0.4, 0.5) is 11.6 Å². The summed E-state index contributed by atoms with van der Waals surface area (Å²) in [7, 11) is 0. The number of amides is 1. The molecule has 1 aliphatic heterocycles. The number of rotatable bonds is 6. The van der Waals surface area contributed by atoms with E-state index in [-0.39, 0.29) is 11.8 Å². The van der Waals surface area contributed by atoms with Gasteiger partial charge in [-0.2, -0.15) is 0 Å². The Kier molecular flexibility index (Phi) is 6.48. The van der Waals surface area contributed by atoms with Crippen LogP contribution in [0.25, 0.3) is 0 Å². The Morgan fingerprint density at radius 3 is 2.56 bits per heavy atom. The normalized spacial score (nSPS) is 18.8. The molecule has 0 atom stereocenters. The zero-order valence-electron chi connectivity index (χ0n) is 15.4. The molecule has 0 bridgehead atoms. The van der Waals surface area contributed by atoms with E-state index >= 15 is 0 Å². The van der Waals surface area contributed by atoms with Crippen molar-refractivity contribution in [1.29, 1.82) is 0 Å². The zero-order valence-corrected chi connectivity index (χ0v) is 15.4. The van der Waals surface area contributed by atoms with E-state index in [1.165, 1.54) is 38.5 Å². The molecule has 1 saturated carbocycles. The van der Waals surface area contributed by atoms with Crippen LogP contribution in [0.1, 0.15) is 57.2 Å². The first-order chi connectivity index (χ1) is 12.2. The number of anilines is 2. The number of nitrogens with zero attached hydrogens (tertiary/aromatic N) is 3. The van der Waals surface area contributed by atoms with Gasteiger partial charge in [-0.25, -0.2) is 9.97 Å². The number of hydrogen-bond acceptors (Lipinski definition) is 5. The van der Waals surface area contributed by atoms with Gasteiger partial charge in [0.05, 0.1) is 0 Å². The van der Waals surface area contributed by atoms with E-state index in [2.05, 4.69) is 25.5 Å². The maximum Gasteiger partial charge on any atom is 0.223 e. The van der Waals surface area contributed by atoms with Crippen LogP contribution in [-0.2, 0) is 4.79 Å². The quantitative estimate of drug-likeness (QED) is 0.776. The molecule has 0 spiro atoms. The second-order valence-electron chi connectivity index (χ2n) is 7.26. The smallest absolute Gasteiger partial charge is 0.223 e. The number of carbonyl (C=O) groups excluding carboxylic acids is 1. The minimum Gasteiger partial charge on any atom is -0.368 e. The molecule has 2 N–H and O–H groups in total. The average Bonchev–Trinajstić information content (AvgIpc) is 2.66. The van der Waals surface area contributed by atoms with Crippen molar-refractivity contribution >= 4 is 17.5 Å². The fraction of sp³-hybridized carbons (Fsp3) is 0.737. The zero-order chi connectivity index (χ0) is 17.5. The van der Waals surface area contributed by atoms with Gasteiger partial charge < -0.3 is 15.5 Å². The number of nitrogens with one attached hydrogen (secondary N) is 2. The standard InChI is InChI=1S/C19H31N5O/c1-15-22-17(14-18(23-15)24-12-6-3-7-13-24)20-10-11-21-19(25)16-8-4-2-5-9-16/h14,16H,2-13H2,1H3,(H,21,25)(H,20,22,23). The van der Waals surface area contributed by atoms with Crippen molar-refractivity contribution in [2.24, 2.45) is 5.92 Å². The summed E-state index contributed by atoms with van der Waals surface area (Å²) in [6.45, 7) is 5.41. The van der Waals surface area contributed by atoms with Gasteiger partial charge in [-0.05, 0) is 39.0 Å². The molecule has 25 heavy (non-hydrogen) atoms. The highest BCUT2D eigenvalue weighted by Gasteiger charge is 2.20. The van der Waals surface area contributed by atoms with Crippen LogP contribution in [0.3, 0.4) is 0 Å². The average molecular weight is 345 g/mol. The van der Waals surface area contributed by atoms with Crippen molar-refractivity contribution in [2.45, 2.75) is 58.3 Å². The van der Waals surface area contributed by atoms with Crippen molar-refractivity contribution in [3.8, 4) is 0 Å². The highest BCUT2D eigenvalue weighted by molar-refractivity contribution is 5.78. The fourth-order valence-electron chi connectivity index (χ4n) is 3.81. The molecule has 2 aliphatic rings. The lowest BCUT2D eigenvalue weighted by Crippen LogP contribution is -2.35. The molecule has 6 nitrogen and oxygen atoms in total. The van der Waals surface area contributed by atoms with Gasteiger partial charge in [-0.15, -0.1) is 0 Å². The predicted molar refractivity (Wildman–Crippen MR) is 101 cm³/mol. The Morgan fingerprint density at radius 2 is 1.80 bits per heavy atom. The molecule has 138 valence electrons. The lowest BCUT2D eigenvalue weighted by Gasteiger charge is -2.28. The van der Waals surface area contributed by atoms with Crippen LogP contribution >= 0.6 is 0 Å². The Morgan fingerprint density at radius 1 is 1.08 bits per heavy atom. The van der Waals surface area contributed by atoms with Gasteiger partial charge in [0.2, 0.25) is 5.91 Å². The first-order valence-corrected chi connectivity index (χ1v) is 9.84. The van der Waals surface area contributed by atoms with E-state index in [1.807, 2.05) is 13.0 Å². The Balaban J connectivity index is 1.46. The van der Waals surface area contributed by atoms with Crippen LogP contribution in [0.2, 0.25) is 0 Å². The molecule has 0 unspecified atom stereocenters. The molecule has 0 aromatic carbocycles. The number of hydrogen-bond donors (Lipinski definition) is 2. The maximum absolute atomic E-state index is 12.2. The molecule has 1 amide bonds. The van der Waals surface area contributed by atoms with Crippen molar-refractivity contribution in [3.05, 3.63) is 11.9 Å². The summed E-state index contributed by atoms with van der Waals surface area (Å²) in [6, 6.07) is 2.03. The third kappa shape index (κ3) is 5.31. The SMILES string of the molecule is Cc1nc(NCCNC(=O)C2CCCCC2)cc(N2CCCCC2)n1. The molecule has 0 radical (unpaired) electrons. The van der Waals surface area contributed by atoms with Crippen molar-refractivity contribution < 1.29 is 4.79 Å². The number of aryl methyl sites for hydroxylation is 1. The molecular formula is C19H31N5O. The summed E-state index contributed by atoms with van der Waals surface area (Å²) in [5.74, 6) is 3.09. The third-order valence-corrected chi connectivity index (χ3v) is 5.21. The summed E-state index contributed by atoms with van der Waals surface area (Å²) >= 11 is 0. The van der Waals surface area contributed by atoms with Crippen molar-refractivity contribution in [2.75, 3.05) is 36.4 Å². The largest absolute Gasteiger partial charge is 0.368 e. The molecule has 1 saturated heterocycles. The van der Waals surface area contributed by atoms with Crippen LogP contribution in [-0.4, -0.2) is 42.1 Å². The van der Waals surface area contributed by atoms with Crippen LogP contribution < -0.4 is 15.5 Å². The molecule has 3 rings (SSSR count). The van der Waals surface area contributed by atoms with Crippen LogP contribution in [0.15, 0.2) is 6.07 Å². The number of aromatic nitrogens is 2. The van der Waals surface area contributed by atoms with Crippen LogP contribution in [0, 0.1) is 12.8 Å². The van der Waals surface area contributed by atoms with E-state index in [9.17, 15) is 4.79 Å². The van der Waals surface area contributed by atoms with Gasteiger partial charge in [0.25, 0.3) is 0 Å². The minimum absolute atomic E-state index is 0.217. The van der Waals surface area contributed by atoms with Gasteiger partial charge in [0.1, 0.15) is 17.5 Å². The van der Waals surface area contributed by atoms with Gasteiger partial charge in [0, 0.05) is 38.2 Å². The first-order valence-electron chi connectivity index (χ1n) is 9.84. The molecule has 2 fully saturated rings. The number of piperidine rings is 1. The van der Waals surface area contributed by atoms with Crippen molar-refractivity contribution in [3.63, 3.8) is 0 Å². The Bertz CT molecular complexity index is 565. The fourth-order valence-corrected chi connectivity index (χ4v) is 3.81. The summed E-state index contributed by atoms with van der Waals surface area (Å²) in [5.41, 5.74) is 0. The van der Waals surface area contributed by atoms with Gasteiger partial charge in [0.15, 0.2) is 0 Å². The molecule has 2 heterocycles. The summed E-state index contributed by atoms with van der Waals surface area (Å²) in [5, 5.41) is 6.39. The minimum atomic E-state index is 0.217. The van der Waals surface area contributed by atoms with Gasteiger partial charge in [-0.1, -0.05) is 19.3 Å². The monoisotopic (exact) mass is 345 g/mol. The highest BCUT2D eigenvalue weighted by atomic mass is 16.1. The lowest BCUT2D eigenvalue weighted by atomic mass is 9.89. The van der Waals surface area contributed by atoms with Gasteiger partial charge in [-0.3, -0.25) is 4.79 Å². The van der Waals surface area contributed by atoms with Crippen LogP contribution in [0.5, 0.6) is 0 Å². The number of carbonyl (C=O) groups is 1. The molecule has 1 aromatic heterocycles. The van der Waals surface area contributed by atoms with E-state index < -0.39 is 0 Å². The van der Waals surface area contributed by atoms with Crippen molar-refractivity contribution in [1.82, 2.24) is 15.3 Å². The predicted octanol–water partition coefficient (Wildman–Crippen LogP) is 2.88. The second kappa shape index (κ2) is 9.02.